The molecular formula is C39H42N2O6. The average Bonchev–Trinajstić information content (AvgIpc) is 3.39. The van der Waals surface area contributed by atoms with Crippen molar-refractivity contribution in [3.05, 3.63) is 107 Å². The molecule has 1 unspecified atom stereocenters. The van der Waals surface area contributed by atoms with E-state index in [0.29, 0.717) is 36.9 Å². The summed E-state index contributed by atoms with van der Waals surface area (Å²) in [6.07, 6.45) is 3.67. The van der Waals surface area contributed by atoms with E-state index in [9.17, 15) is 4.79 Å². The molecule has 8 heteroatoms. The van der Waals surface area contributed by atoms with E-state index in [0.717, 1.165) is 28.1 Å². The number of methoxy groups -OCH3 is 2. The van der Waals surface area contributed by atoms with E-state index in [-0.39, 0.29) is 18.6 Å². The third-order valence-corrected chi connectivity index (χ3v) is 8.86. The Labute approximate surface area is 276 Å². The van der Waals surface area contributed by atoms with Gasteiger partial charge in [0.2, 0.25) is 0 Å². The van der Waals surface area contributed by atoms with Crippen molar-refractivity contribution in [3.8, 4) is 34.1 Å². The number of hydrogen-bond donors (Lipinski definition) is 1. The molecule has 4 aromatic carbocycles. The van der Waals surface area contributed by atoms with Gasteiger partial charge in [0.1, 0.15) is 35.2 Å². The number of nitrogens with zero attached hydrogens (tertiary/aromatic N) is 1. The van der Waals surface area contributed by atoms with Gasteiger partial charge in [0.25, 0.3) is 0 Å². The number of fused-ring (bicyclic) bond motifs is 4. The average molecular weight is 635 g/mol. The molecule has 0 fully saturated rings. The fourth-order valence-corrected chi connectivity index (χ4v) is 6.55. The molecule has 4 aromatic rings. The van der Waals surface area contributed by atoms with E-state index < -0.39 is 5.60 Å². The molecule has 0 aromatic heterocycles. The number of ether oxygens (including phenoxy) is 5. The fourth-order valence-electron chi connectivity index (χ4n) is 6.55. The molecule has 244 valence electrons. The molecule has 6 rings (SSSR count). The predicted octanol–water partition coefficient (Wildman–Crippen LogP) is 8.07. The Morgan fingerprint density at radius 3 is 2.21 bits per heavy atom. The Bertz CT molecular complexity index is 1750. The Morgan fingerprint density at radius 2 is 1.60 bits per heavy atom. The fraction of sp³-hybridized carbons (Fsp3) is 0.308. The molecule has 8 nitrogen and oxygen atoms in total. The van der Waals surface area contributed by atoms with Gasteiger partial charge in [-0.1, -0.05) is 54.6 Å². The van der Waals surface area contributed by atoms with Crippen LogP contribution in [0.15, 0.2) is 78.9 Å². The van der Waals surface area contributed by atoms with Gasteiger partial charge in [-0.2, -0.15) is 0 Å². The van der Waals surface area contributed by atoms with Crippen LogP contribution >= 0.6 is 0 Å². The molecule has 1 atom stereocenters. The summed E-state index contributed by atoms with van der Waals surface area (Å²) in [5.41, 5.74) is 7.89. The molecule has 0 radical (unpaired) electrons. The first-order valence-electron chi connectivity index (χ1n) is 15.9. The lowest BCUT2D eigenvalue weighted by Crippen LogP contribution is -2.45. The van der Waals surface area contributed by atoms with E-state index >= 15 is 0 Å². The summed E-state index contributed by atoms with van der Waals surface area (Å²) in [6.45, 7) is 7.61. The summed E-state index contributed by atoms with van der Waals surface area (Å²) in [4.78, 5) is 14.8. The van der Waals surface area contributed by atoms with E-state index in [4.69, 9.17) is 23.7 Å². The van der Waals surface area contributed by atoms with Crippen LogP contribution in [-0.4, -0.2) is 57.6 Å². The highest BCUT2D eigenvalue weighted by Gasteiger charge is 2.33. The SMILES string of the molecule is CCOc1cc(OC)c(CNc2cc3c(cc2C)OC(C)(CN(C)C(=O)OCC2c4ccccc4-c4ccccc42)C=C3)c(OC)c1. The highest BCUT2D eigenvalue weighted by atomic mass is 16.6. The Kier molecular flexibility index (Phi) is 9.03. The molecule has 0 saturated heterocycles. The van der Waals surface area contributed by atoms with Crippen LogP contribution in [0.4, 0.5) is 10.5 Å². The number of likely N-dealkylation sites (N-methyl/N-ethyl adjacent to an activating group) is 1. The van der Waals surface area contributed by atoms with Crippen molar-refractivity contribution < 1.29 is 28.5 Å². The quantitative estimate of drug-likeness (QED) is 0.179. The molecule has 0 spiro atoms. The number of rotatable bonds is 11. The maximum Gasteiger partial charge on any atom is 0.409 e. The predicted molar refractivity (Wildman–Crippen MR) is 185 cm³/mol. The van der Waals surface area contributed by atoms with E-state index in [1.165, 1.54) is 22.3 Å². The second-order valence-electron chi connectivity index (χ2n) is 12.2. The lowest BCUT2D eigenvalue weighted by Gasteiger charge is -2.35. The molecule has 0 saturated carbocycles. The van der Waals surface area contributed by atoms with Gasteiger partial charge in [-0.05, 0) is 66.8 Å². The number of hydrogen-bond acceptors (Lipinski definition) is 7. The van der Waals surface area contributed by atoms with Crippen LogP contribution in [0.3, 0.4) is 0 Å². The van der Waals surface area contributed by atoms with Crippen molar-refractivity contribution in [2.45, 2.75) is 38.8 Å². The van der Waals surface area contributed by atoms with Crippen LogP contribution in [-0.2, 0) is 11.3 Å². The van der Waals surface area contributed by atoms with Gasteiger partial charge in [0.15, 0.2) is 0 Å². The first-order valence-corrected chi connectivity index (χ1v) is 15.9. The van der Waals surface area contributed by atoms with Crippen molar-refractivity contribution in [1.82, 2.24) is 4.90 Å². The molecule has 1 heterocycles. The lowest BCUT2D eigenvalue weighted by molar-refractivity contribution is 0.0668. The number of anilines is 1. The highest BCUT2D eigenvalue weighted by molar-refractivity contribution is 5.79. The summed E-state index contributed by atoms with van der Waals surface area (Å²) >= 11 is 0. The standard InChI is InChI=1S/C39H42N2O6/c1-7-45-27-20-36(43-5)32(37(21-27)44-6)22-40-34-19-26-16-17-39(3,47-35(26)18-25(34)2)24-41(4)38(42)46-23-33-30-14-10-8-12-28(30)29-13-9-11-15-31(29)33/h8-21,33,40H,7,22-24H2,1-6H3. The van der Waals surface area contributed by atoms with Crippen LogP contribution in [0.5, 0.6) is 23.0 Å². The second kappa shape index (κ2) is 13.3. The Morgan fingerprint density at radius 1 is 0.957 bits per heavy atom. The van der Waals surface area contributed by atoms with Crippen molar-refractivity contribution >= 4 is 17.9 Å². The topological polar surface area (TPSA) is 78.5 Å². The number of benzene rings is 4. The van der Waals surface area contributed by atoms with Gasteiger partial charge >= 0.3 is 6.09 Å². The van der Waals surface area contributed by atoms with Crippen molar-refractivity contribution in [2.75, 3.05) is 46.3 Å². The third-order valence-electron chi connectivity index (χ3n) is 8.86. The number of nitrogens with one attached hydrogen (secondary N) is 1. The number of carbonyl (C=O) groups is 1. The van der Waals surface area contributed by atoms with Crippen molar-refractivity contribution in [3.63, 3.8) is 0 Å². The summed E-state index contributed by atoms with van der Waals surface area (Å²) in [5.74, 6) is 2.85. The molecule has 1 aliphatic carbocycles. The number of aryl methyl sites for hydroxylation is 1. The summed E-state index contributed by atoms with van der Waals surface area (Å²) < 4.78 is 29.4. The minimum Gasteiger partial charge on any atom is -0.496 e. The number of amides is 1. The second-order valence-corrected chi connectivity index (χ2v) is 12.2. The zero-order valence-corrected chi connectivity index (χ0v) is 27.9. The van der Waals surface area contributed by atoms with Crippen LogP contribution in [0.2, 0.25) is 0 Å². The molecule has 0 bridgehead atoms. The van der Waals surface area contributed by atoms with Gasteiger partial charge in [0.05, 0.1) is 32.9 Å². The Balaban J connectivity index is 1.10. The van der Waals surface area contributed by atoms with Gasteiger partial charge in [-0.3, -0.25) is 0 Å². The zero-order valence-electron chi connectivity index (χ0n) is 27.9. The van der Waals surface area contributed by atoms with E-state index in [1.807, 2.05) is 75.4 Å². The van der Waals surface area contributed by atoms with Gasteiger partial charge in [0, 0.05) is 42.9 Å². The molecular weight excluding hydrogens is 592 g/mol. The maximum atomic E-state index is 13.2. The molecule has 1 amide bonds. The number of carbonyl (C=O) groups excluding carboxylic acids is 1. The zero-order chi connectivity index (χ0) is 33.1. The first kappa shape index (κ1) is 31.9. The van der Waals surface area contributed by atoms with E-state index in [1.54, 1.807) is 26.2 Å². The van der Waals surface area contributed by atoms with Gasteiger partial charge < -0.3 is 33.9 Å². The van der Waals surface area contributed by atoms with Gasteiger partial charge in [-0.25, -0.2) is 4.79 Å². The first-order chi connectivity index (χ1) is 22.7. The van der Waals surface area contributed by atoms with Crippen LogP contribution < -0.4 is 24.3 Å². The Hall–Kier alpha value is -5.11. The summed E-state index contributed by atoms with van der Waals surface area (Å²) in [6, 6.07) is 24.5. The van der Waals surface area contributed by atoms with Crippen LogP contribution in [0.25, 0.3) is 17.2 Å². The molecule has 1 N–H and O–H groups in total. The van der Waals surface area contributed by atoms with Crippen molar-refractivity contribution in [1.29, 1.82) is 0 Å². The minimum atomic E-state index is -0.724. The van der Waals surface area contributed by atoms with Crippen LogP contribution in [0, 0.1) is 6.92 Å². The van der Waals surface area contributed by atoms with Crippen LogP contribution in [0.1, 0.15) is 47.6 Å². The molecule has 2 aliphatic rings. The summed E-state index contributed by atoms with van der Waals surface area (Å²) in [7, 11) is 5.03. The largest absolute Gasteiger partial charge is 0.496 e. The van der Waals surface area contributed by atoms with Crippen molar-refractivity contribution in [2.24, 2.45) is 0 Å². The normalized spacial score (nSPS) is 16.0. The van der Waals surface area contributed by atoms with E-state index in [2.05, 4.69) is 35.6 Å². The summed E-state index contributed by atoms with van der Waals surface area (Å²) in [5, 5.41) is 3.54. The lowest BCUT2D eigenvalue weighted by atomic mass is 9.98. The maximum absolute atomic E-state index is 13.2. The van der Waals surface area contributed by atoms with Gasteiger partial charge in [-0.15, -0.1) is 0 Å². The highest BCUT2D eigenvalue weighted by Crippen LogP contribution is 2.44. The smallest absolute Gasteiger partial charge is 0.409 e. The monoisotopic (exact) mass is 634 g/mol. The third kappa shape index (κ3) is 6.45. The minimum absolute atomic E-state index is 0.00966. The molecule has 47 heavy (non-hydrogen) atoms. The molecule has 1 aliphatic heterocycles.